The molecule has 0 bridgehead atoms. The molecule has 13 heavy (non-hydrogen) atoms. The molecule has 0 aromatic carbocycles. The van der Waals surface area contributed by atoms with E-state index in [1.165, 1.54) is 0 Å². The molecule has 0 aliphatic heterocycles. The van der Waals surface area contributed by atoms with Crippen LogP contribution in [0.25, 0.3) is 0 Å². The highest BCUT2D eigenvalue weighted by Gasteiger charge is 2.00. The van der Waals surface area contributed by atoms with Crippen LogP contribution in [0.4, 0.5) is 0 Å². The number of aromatic nitrogens is 1. The molecule has 1 aromatic rings. The van der Waals surface area contributed by atoms with Crippen molar-refractivity contribution in [3.05, 3.63) is 23.5 Å². The predicted octanol–water partition coefficient (Wildman–Crippen LogP) is 0.620. The van der Waals surface area contributed by atoms with Gasteiger partial charge in [0.05, 0.1) is 6.54 Å². The first-order valence-electron chi connectivity index (χ1n) is 3.97. The second kappa shape index (κ2) is 4.35. The second-order valence-electron chi connectivity index (χ2n) is 2.76. The Morgan fingerprint density at radius 3 is 3.00 bits per heavy atom. The van der Waals surface area contributed by atoms with Gasteiger partial charge in [0, 0.05) is 19.8 Å². The molecule has 0 spiro atoms. The van der Waals surface area contributed by atoms with Crippen LogP contribution < -0.4 is 5.32 Å². The van der Waals surface area contributed by atoms with Crippen LogP contribution in [-0.4, -0.2) is 11.1 Å². The Kier molecular flexibility index (Phi) is 3.14. The molecule has 0 aliphatic carbocycles. The molecular weight excluding hydrogens is 162 g/mol. The summed E-state index contributed by atoms with van der Waals surface area (Å²) in [5.41, 5.74) is 1.74. The van der Waals surface area contributed by atoms with Crippen molar-refractivity contribution in [1.82, 2.24) is 9.88 Å². The first-order valence-corrected chi connectivity index (χ1v) is 3.97. The van der Waals surface area contributed by atoms with Crippen LogP contribution in [0.1, 0.15) is 11.3 Å². The van der Waals surface area contributed by atoms with Gasteiger partial charge in [-0.05, 0) is 11.6 Å². The number of terminal acetylenes is 1. The maximum absolute atomic E-state index is 8.68. The van der Waals surface area contributed by atoms with E-state index in [1.54, 1.807) is 4.57 Å². The SMILES string of the molecule is C#CCNCc1cc(C#N)n(C)c1. The van der Waals surface area contributed by atoms with Gasteiger partial charge in [0.15, 0.2) is 0 Å². The third-order valence-electron chi connectivity index (χ3n) is 1.73. The van der Waals surface area contributed by atoms with Gasteiger partial charge in [-0.2, -0.15) is 5.26 Å². The van der Waals surface area contributed by atoms with Crippen molar-refractivity contribution < 1.29 is 0 Å². The van der Waals surface area contributed by atoms with Crippen LogP contribution in [0.2, 0.25) is 0 Å². The zero-order valence-electron chi connectivity index (χ0n) is 7.54. The quantitative estimate of drug-likeness (QED) is 0.537. The highest BCUT2D eigenvalue weighted by Crippen LogP contribution is 2.05. The molecule has 1 aromatic heterocycles. The van der Waals surface area contributed by atoms with Crippen LogP contribution in [-0.2, 0) is 13.6 Å². The minimum absolute atomic E-state index is 0.552. The van der Waals surface area contributed by atoms with Gasteiger partial charge in [-0.1, -0.05) is 5.92 Å². The summed E-state index contributed by atoms with van der Waals surface area (Å²) < 4.78 is 1.80. The first-order chi connectivity index (χ1) is 6.27. The van der Waals surface area contributed by atoms with Crippen molar-refractivity contribution in [2.75, 3.05) is 6.54 Å². The van der Waals surface area contributed by atoms with Crippen LogP contribution in [0.3, 0.4) is 0 Å². The van der Waals surface area contributed by atoms with Gasteiger partial charge >= 0.3 is 0 Å². The molecule has 0 saturated heterocycles. The van der Waals surface area contributed by atoms with E-state index >= 15 is 0 Å². The molecule has 0 saturated carbocycles. The van der Waals surface area contributed by atoms with Gasteiger partial charge in [-0.15, -0.1) is 6.42 Å². The summed E-state index contributed by atoms with van der Waals surface area (Å²) in [4.78, 5) is 0. The van der Waals surface area contributed by atoms with E-state index in [4.69, 9.17) is 11.7 Å². The van der Waals surface area contributed by atoms with Gasteiger partial charge in [0.2, 0.25) is 0 Å². The van der Waals surface area contributed by atoms with Crippen molar-refractivity contribution in [3.63, 3.8) is 0 Å². The van der Waals surface area contributed by atoms with E-state index in [2.05, 4.69) is 17.3 Å². The molecular formula is C10H11N3. The number of aryl methyl sites for hydroxylation is 1. The molecule has 0 amide bonds. The molecule has 0 aliphatic rings. The summed E-state index contributed by atoms with van der Waals surface area (Å²) in [6.07, 6.45) is 7.00. The lowest BCUT2D eigenvalue weighted by Gasteiger charge is -1.95. The van der Waals surface area contributed by atoms with Crippen LogP contribution >= 0.6 is 0 Å². The monoisotopic (exact) mass is 173 g/mol. The number of nitriles is 1. The Bertz CT molecular complexity index is 363. The normalized spacial score (nSPS) is 9.15. The van der Waals surface area contributed by atoms with E-state index in [-0.39, 0.29) is 0 Å². The lowest BCUT2D eigenvalue weighted by Crippen LogP contribution is -2.12. The summed E-state index contributed by atoms with van der Waals surface area (Å²) in [7, 11) is 1.85. The Morgan fingerprint density at radius 1 is 1.69 bits per heavy atom. The molecule has 3 heteroatoms. The molecule has 0 unspecified atom stereocenters. The maximum Gasteiger partial charge on any atom is 0.120 e. The average molecular weight is 173 g/mol. The van der Waals surface area contributed by atoms with Crippen LogP contribution in [0.15, 0.2) is 12.3 Å². The minimum Gasteiger partial charge on any atom is -0.342 e. The van der Waals surface area contributed by atoms with Crippen LogP contribution in [0.5, 0.6) is 0 Å². The molecule has 0 atom stereocenters. The van der Waals surface area contributed by atoms with Crippen molar-refractivity contribution in [1.29, 1.82) is 5.26 Å². The van der Waals surface area contributed by atoms with Gasteiger partial charge in [0.1, 0.15) is 11.8 Å². The smallest absolute Gasteiger partial charge is 0.120 e. The van der Waals surface area contributed by atoms with Gasteiger partial charge in [0.25, 0.3) is 0 Å². The summed E-state index contributed by atoms with van der Waals surface area (Å²) >= 11 is 0. The largest absolute Gasteiger partial charge is 0.342 e. The van der Waals surface area contributed by atoms with Crippen molar-refractivity contribution >= 4 is 0 Å². The molecule has 1 heterocycles. The standard InChI is InChI=1S/C10H11N3/c1-3-4-12-7-9-5-10(6-11)13(2)8-9/h1,5,8,12H,4,7H2,2H3. The Hall–Kier alpha value is -1.71. The summed E-state index contributed by atoms with van der Waals surface area (Å²) in [6.45, 7) is 1.26. The van der Waals surface area contributed by atoms with E-state index in [0.717, 1.165) is 5.56 Å². The number of nitrogens with zero attached hydrogens (tertiary/aromatic N) is 2. The second-order valence-corrected chi connectivity index (χ2v) is 2.76. The summed E-state index contributed by atoms with van der Waals surface area (Å²) in [5, 5.41) is 11.7. The topological polar surface area (TPSA) is 40.8 Å². The van der Waals surface area contributed by atoms with E-state index in [0.29, 0.717) is 18.8 Å². The number of nitrogens with one attached hydrogen (secondary N) is 1. The molecule has 0 radical (unpaired) electrons. The molecule has 66 valence electrons. The lowest BCUT2D eigenvalue weighted by atomic mass is 10.3. The lowest BCUT2D eigenvalue weighted by molar-refractivity contribution is 0.767. The van der Waals surface area contributed by atoms with Gasteiger partial charge in [-0.25, -0.2) is 0 Å². The fourth-order valence-corrected chi connectivity index (χ4v) is 1.12. The maximum atomic E-state index is 8.68. The van der Waals surface area contributed by atoms with Crippen molar-refractivity contribution in [2.45, 2.75) is 6.54 Å². The number of hydrogen-bond donors (Lipinski definition) is 1. The Labute approximate surface area is 78.0 Å². The zero-order valence-corrected chi connectivity index (χ0v) is 7.54. The van der Waals surface area contributed by atoms with Gasteiger partial charge in [-0.3, -0.25) is 0 Å². The third-order valence-corrected chi connectivity index (χ3v) is 1.73. The highest BCUT2D eigenvalue weighted by molar-refractivity contribution is 5.28. The predicted molar refractivity (Wildman–Crippen MR) is 50.7 cm³/mol. The van der Waals surface area contributed by atoms with Gasteiger partial charge < -0.3 is 9.88 Å². The highest BCUT2D eigenvalue weighted by atomic mass is 14.9. The van der Waals surface area contributed by atoms with E-state index in [1.807, 2.05) is 19.3 Å². The molecule has 0 fully saturated rings. The number of hydrogen-bond acceptors (Lipinski definition) is 2. The molecule has 1 N–H and O–H groups in total. The van der Waals surface area contributed by atoms with E-state index in [9.17, 15) is 0 Å². The summed E-state index contributed by atoms with van der Waals surface area (Å²) in [6, 6.07) is 3.95. The molecule has 1 rings (SSSR count). The van der Waals surface area contributed by atoms with Crippen LogP contribution in [0, 0.1) is 23.7 Å². The first kappa shape index (κ1) is 9.38. The Balaban J connectivity index is 2.60. The van der Waals surface area contributed by atoms with E-state index < -0.39 is 0 Å². The summed E-state index contributed by atoms with van der Waals surface area (Å²) in [5.74, 6) is 2.49. The molecule has 3 nitrogen and oxygen atoms in total. The zero-order chi connectivity index (χ0) is 9.68. The van der Waals surface area contributed by atoms with Crippen molar-refractivity contribution in [2.24, 2.45) is 7.05 Å². The fourth-order valence-electron chi connectivity index (χ4n) is 1.12. The Morgan fingerprint density at radius 2 is 2.46 bits per heavy atom. The number of rotatable bonds is 3. The van der Waals surface area contributed by atoms with Crippen molar-refractivity contribution in [3.8, 4) is 18.4 Å². The third kappa shape index (κ3) is 2.37. The average Bonchev–Trinajstić information content (AvgIpc) is 2.47. The minimum atomic E-state index is 0.552. The fraction of sp³-hybridized carbons (Fsp3) is 0.300.